The summed E-state index contributed by atoms with van der Waals surface area (Å²) < 4.78 is 1.74. The third kappa shape index (κ3) is 4.45. The number of carbonyl (C=O) groups is 1. The van der Waals surface area contributed by atoms with E-state index in [9.17, 15) is 4.79 Å². The predicted octanol–water partition coefficient (Wildman–Crippen LogP) is 5.24. The maximum absolute atomic E-state index is 12.5. The Kier molecular flexibility index (Phi) is 6.41. The van der Waals surface area contributed by atoms with E-state index in [-0.39, 0.29) is 26.6 Å². The van der Waals surface area contributed by atoms with E-state index < -0.39 is 5.91 Å². The van der Waals surface area contributed by atoms with E-state index in [4.69, 9.17) is 40.5 Å². The number of nitrogens with two attached hydrogens (primary N) is 1. The van der Waals surface area contributed by atoms with Crippen LogP contribution in [0, 0.1) is 0 Å². The number of para-hydroxylation sites is 1. The number of hydrogen-bond acceptors (Lipinski definition) is 5. The number of amides is 1. The Morgan fingerprint density at radius 1 is 1.00 bits per heavy atom. The van der Waals surface area contributed by atoms with Crippen molar-refractivity contribution in [3.63, 3.8) is 0 Å². The summed E-state index contributed by atoms with van der Waals surface area (Å²) in [5.41, 5.74) is 11.1. The quantitative estimate of drug-likeness (QED) is 0.229. The maximum Gasteiger partial charge on any atom is 0.291 e. The summed E-state index contributed by atoms with van der Waals surface area (Å²) in [7, 11) is 0. The van der Waals surface area contributed by atoms with Gasteiger partial charge in [0.15, 0.2) is 10.8 Å². The molecule has 0 radical (unpaired) electrons. The predicted molar refractivity (Wildman–Crippen MR) is 128 cm³/mol. The molecular formula is C22H15Cl3N6O. The van der Waals surface area contributed by atoms with Crippen LogP contribution in [-0.4, -0.2) is 26.9 Å². The SMILES string of the molecule is Nc1c(Cl)c(Cl)nc(C(=O)N/N=C/c2cn(-c3ccccc3)nc2-c2ccccc2)c1Cl. The molecule has 0 saturated carbocycles. The Morgan fingerprint density at radius 3 is 2.34 bits per heavy atom. The standard InChI is InChI=1S/C22H15Cl3N6O/c23-16-18(26)17(24)21(25)28-20(16)22(32)29-27-11-14-12-31(15-9-5-2-6-10-15)30-19(14)13-7-3-1-4-8-13/h1-12H,(H2,26,28)(H,29,32)/b27-11+. The van der Waals surface area contributed by atoms with Crippen molar-refractivity contribution in [3.8, 4) is 16.9 Å². The molecule has 0 aliphatic heterocycles. The molecule has 0 bridgehead atoms. The van der Waals surface area contributed by atoms with Gasteiger partial charge in [-0.3, -0.25) is 4.79 Å². The lowest BCUT2D eigenvalue weighted by atomic mass is 10.1. The van der Waals surface area contributed by atoms with Crippen molar-refractivity contribution in [2.75, 3.05) is 5.73 Å². The number of anilines is 1. The molecule has 7 nitrogen and oxygen atoms in total. The molecule has 0 unspecified atom stereocenters. The number of nitrogen functional groups attached to an aromatic ring is 1. The normalized spacial score (nSPS) is 11.1. The van der Waals surface area contributed by atoms with Gasteiger partial charge in [-0.1, -0.05) is 83.3 Å². The fraction of sp³-hybridized carbons (Fsp3) is 0. The molecule has 0 saturated heterocycles. The van der Waals surface area contributed by atoms with Crippen molar-refractivity contribution in [1.82, 2.24) is 20.2 Å². The van der Waals surface area contributed by atoms with Crippen molar-refractivity contribution in [2.24, 2.45) is 5.10 Å². The number of aromatic nitrogens is 3. The van der Waals surface area contributed by atoms with Gasteiger partial charge in [0.25, 0.3) is 5.91 Å². The first kappa shape index (κ1) is 21.8. The highest BCUT2D eigenvalue weighted by molar-refractivity contribution is 6.46. The van der Waals surface area contributed by atoms with Crippen LogP contribution in [0.4, 0.5) is 5.69 Å². The summed E-state index contributed by atoms with van der Waals surface area (Å²) in [5.74, 6) is -0.687. The van der Waals surface area contributed by atoms with Gasteiger partial charge < -0.3 is 5.73 Å². The molecular weight excluding hydrogens is 471 g/mol. The molecule has 0 atom stereocenters. The van der Waals surface area contributed by atoms with E-state index in [0.29, 0.717) is 11.3 Å². The zero-order chi connectivity index (χ0) is 22.7. The number of carbonyl (C=O) groups excluding carboxylic acids is 1. The van der Waals surface area contributed by atoms with Crippen LogP contribution in [0.1, 0.15) is 16.1 Å². The highest BCUT2D eigenvalue weighted by atomic mass is 35.5. The first-order valence-corrected chi connectivity index (χ1v) is 10.4. The van der Waals surface area contributed by atoms with Gasteiger partial charge >= 0.3 is 0 Å². The Morgan fingerprint density at radius 2 is 1.66 bits per heavy atom. The second-order valence-electron chi connectivity index (χ2n) is 6.57. The van der Waals surface area contributed by atoms with E-state index in [1.54, 1.807) is 4.68 Å². The maximum atomic E-state index is 12.5. The number of benzene rings is 2. The van der Waals surface area contributed by atoms with Crippen LogP contribution in [0.25, 0.3) is 16.9 Å². The second-order valence-corrected chi connectivity index (χ2v) is 7.69. The van der Waals surface area contributed by atoms with Gasteiger partial charge in [-0.25, -0.2) is 15.1 Å². The van der Waals surface area contributed by atoms with E-state index in [0.717, 1.165) is 11.3 Å². The van der Waals surface area contributed by atoms with E-state index in [1.807, 2.05) is 66.9 Å². The lowest BCUT2D eigenvalue weighted by Gasteiger charge is -2.07. The molecule has 0 spiro atoms. The molecule has 160 valence electrons. The molecule has 2 heterocycles. The second kappa shape index (κ2) is 9.40. The average Bonchev–Trinajstić information content (AvgIpc) is 3.25. The third-order valence-electron chi connectivity index (χ3n) is 4.47. The molecule has 1 amide bonds. The fourth-order valence-electron chi connectivity index (χ4n) is 2.91. The van der Waals surface area contributed by atoms with Crippen LogP contribution >= 0.6 is 34.8 Å². The van der Waals surface area contributed by atoms with Gasteiger partial charge in [0, 0.05) is 17.3 Å². The summed E-state index contributed by atoms with van der Waals surface area (Å²) in [5, 5.41) is 8.48. The van der Waals surface area contributed by atoms with Gasteiger partial charge in [-0.15, -0.1) is 0 Å². The topological polar surface area (TPSA) is 98.2 Å². The van der Waals surface area contributed by atoms with E-state index >= 15 is 0 Å². The van der Waals surface area contributed by atoms with Gasteiger partial charge in [0.05, 0.1) is 22.6 Å². The summed E-state index contributed by atoms with van der Waals surface area (Å²) in [6, 6.07) is 19.3. The first-order valence-electron chi connectivity index (χ1n) is 9.29. The Bertz CT molecular complexity index is 1310. The molecule has 0 aliphatic rings. The summed E-state index contributed by atoms with van der Waals surface area (Å²) in [6.45, 7) is 0. The number of rotatable bonds is 5. The molecule has 10 heteroatoms. The van der Waals surface area contributed by atoms with Crippen molar-refractivity contribution in [1.29, 1.82) is 0 Å². The molecule has 3 N–H and O–H groups in total. The van der Waals surface area contributed by atoms with Crippen LogP contribution in [-0.2, 0) is 0 Å². The molecule has 4 aromatic rings. The van der Waals surface area contributed by atoms with Crippen LogP contribution in [0.2, 0.25) is 15.2 Å². The first-order chi connectivity index (χ1) is 15.5. The van der Waals surface area contributed by atoms with E-state index in [1.165, 1.54) is 6.21 Å². The lowest BCUT2D eigenvalue weighted by molar-refractivity contribution is 0.0950. The number of hydrazone groups is 1. The van der Waals surface area contributed by atoms with Crippen LogP contribution < -0.4 is 11.2 Å². The van der Waals surface area contributed by atoms with Crippen molar-refractivity contribution >= 4 is 52.6 Å². The van der Waals surface area contributed by atoms with E-state index in [2.05, 4.69) is 20.6 Å². The zero-order valence-corrected chi connectivity index (χ0v) is 18.6. The molecule has 4 rings (SSSR count). The van der Waals surface area contributed by atoms with Gasteiger partial charge in [0.2, 0.25) is 0 Å². The minimum atomic E-state index is -0.687. The number of halogens is 3. The molecule has 2 aromatic heterocycles. The number of nitrogens with zero attached hydrogens (tertiary/aromatic N) is 4. The van der Waals surface area contributed by atoms with Gasteiger partial charge in [-0.05, 0) is 12.1 Å². The van der Waals surface area contributed by atoms with Crippen molar-refractivity contribution in [3.05, 3.63) is 93.3 Å². The highest BCUT2D eigenvalue weighted by Crippen LogP contribution is 2.34. The summed E-state index contributed by atoms with van der Waals surface area (Å²) in [4.78, 5) is 16.4. The number of hydrogen-bond donors (Lipinski definition) is 2. The third-order valence-corrected chi connectivity index (χ3v) is 5.60. The Balaban J connectivity index is 1.64. The Hall–Kier alpha value is -3.39. The van der Waals surface area contributed by atoms with Crippen molar-refractivity contribution < 1.29 is 4.79 Å². The largest absolute Gasteiger partial charge is 0.396 e. The summed E-state index contributed by atoms with van der Waals surface area (Å²) >= 11 is 17.9. The van der Waals surface area contributed by atoms with Crippen molar-refractivity contribution in [2.45, 2.75) is 0 Å². The molecule has 0 aliphatic carbocycles. The Labute approximate surface area is 198 Å². The highest BCUT2D eigenvalue weighted by Gasteiger charge is 2.19. The van der Waals surface area contributed by atoms with Crippen LogP contribution in [0.3, 0.4) is 0 Å². The minimum absolute atomic E-state index is 0.0162. The summed E-state index contributed by atoms with van der Waals surface area (Å²) in [6.07, 6.45) is 3.30. The van der Waals surface area contributed by atoms with Crippen LogP contribution in [0.5, 0.6) is 0 Å². The smallest absolute Gasteiger partial charge is 0.291 e. The minimum Gasteiger partial charge on any atom is -0.396 e. The van der Waals surface area contributed by atoms with Gasteiger partial charge in [0.1, 0.15) is 10.7 Å². The zero-order valence-electron chi connectivity index (χ0n) is 16.3. The number of nitrogens with one attached hydrogen (secondary N) is 1. The lowest BCUT2D eigenvalue weighted by Crippen LogP contribution is -2.20. The number of pyridine rings is 1. The molecule has 0 fully saturated rings. The monoisotopic (exact) mass is 484 g/mol. The average molecular weight is 486 g/mol. The van der Waals surface area contributed by atoms with Crippen LogP contribution in [0.15, 0.2) is 72.0 Å². The molecule has 2 aromatic carbocycles. The molecule has 32 heavy (non-hydrogen) atoms. The van der Waals surface area contributed by atoms with Gasteiger partial charge in [-0.2, -0.15) is 10.2 Å². The fourth-order valence-corrected chi connectivity index (χ4v) is 3.50.